The van der Waals surface area contributed by atoms with E-state index in [2.05, 4.69) is 26.6 Å². The Morgan fingerprint density at radius 1 is 1.60 bits per heavy atom. The van der Waals surface area contributed by atoms with Crippen LogP contribution in [-0.4, -0.2) is 22.9 Å². The van der Waals surface area contributed by atoms with Gasteiger partial charge in [-0.3, -0.25) is 14.9 Å². The number of carbonyl (C=O) groups is 1. The Bertz CT molecular complexity index is 542. The monoisotopic (exact) mass is 341 g/mol. The number of nitro groups is 1. The van der Waals surface area contributed by atoms with E-state index in [-0.39, 0.29) is 11.6 Å². The standard InChI is InChI=1S/C13H16BrN3O3/c1-2-13(6-3-7-15-13)12(18)16-9-4-5-10(14)11(8-9)17(19)20/h4-5,8,15H,2-3,6-7H2,1H3,(H,16,18). The van der Waals surface area contributed by atoms with E-state index in [0.717, 1.165) is 19.4 Å². The molecule has 1 saturated heterocycles. The highest BCUT2D eigenvalue weighted by atomic mass is 79.9. The first kappa shape index (κ1) is 14.9. The van der Waals surface area contributed by atoms with E-state index in [0.29, 0.717) is 16.6 Å². The van der Waals surface area contributed by atoms with E-state index in [1.54, 1.807) is 12.1 Å². The molecular weight excluding hydrogens is 326 g/mol. The van der Waals surface area contributed by atoms with Crippen LogP contribution in [0.25, 0.3) is 0 Å². The van der Waals surface area contributed by atoms with Gasteiger partial charge in [-0.05, 0) is 53.9 Å². The zero-order chi connectivity index (χ0) is 14.8. The molecular formula is C13H16BrN3O3. The molecule has 2 rings (SSSR count). The van der Waals surface area contributed by atoms with Crippen LogP contribution in [0.15, 0.2) is 22.7 Å². The van der Waals surface area contributed by atoms with Gasteiger partial charge in [0.25, 0.3) is 5.69 Å². The van der Waals surface area contributed by atoms with Gasteiger partial charge in [0.2, 0.25) is 5.91 Å². The molecule has 2 N–H and O–H groups in total. The SMILES string of the molecule is CCC1(C(=O)Nc2ccc(Br)c([N+](=O)[O-])c2)CCCN1. The van der Waals surface area contributed by atoms with Crippen molar-refractivity contribution in [1.29, 1.82) is 0 Å². The van der Waals surface area contributed by atoms with Crippen molar-refractivity contribution >= 4 is 33.2 Å². The Morgan fingerprint density at radius 3 is 2.90 bits per heavy atom. The summed E-state index contributed by atoms with van der Waals surface area (Å²) in [5, 5.41) is 16.9. The summed E-state index contributed by atoms with van der Waals surface area (Å²) in [4.78, 5) is 22.8. The lowest BCUT2D eigenvalue weighted by molar-refractivity contribution is -0.385. The topological polar surface area (TPSA) is 84.3 Å². The molecule has 1 aliphatic rings. The number of hydrogen-bond donors (Lipinski definition) is 2. The van der Waals surface area contributed by atoms with Crippen molar-refractivity contribution in [1.82, 2.24) is 5.32 Å². The van der Waals surface area contributed by atoms with E-state index in [1.807, 2.05) is 6.92 Å². The quantitative estimate of drug-likeness (QED) is 0.651. The molecule has 1 unspecified atom stereocenters. The maximum atomic E-state index is 12.4. The largest absolute Gasteiger partial charge is 0.324 e. The molecule has 0 saturated carbocycles. The van der Waals surface area contributed by atoms with Crippen LogP contribution in [0.1, 0.15) is 26.2 Å². The van der Waals surface area contributed by atoms with Gasteiger partial charge >= 0.3 is 0 Å². The Balaban J connectivity index is 2.19. The first-order valence-corrected chi connectivity index (χ1v) is 7.28. The normalized spacial score (nSPS) is 21.7. The number of amides is 1. The third-order valence-electron chi connectivity index (χ3n) is 3.68. The zero-order valence-electron chi connectivity index (χ0n) is 11.1. The van der Waals surface area contributed by atoms with Gasteiger partial charge in [0.15, 0.2) is 0 Å². The van der Waals surface area contributed by atoms with Crippen LogP contribution in [0.5, 0.6) is 0 Å². The van der Waals surface area contributed by atoms with Crippen LogP contribution in [0, 0.1) is 10.1 Å². The minimum absolute atomic E-state index is 0.0623. The highest BCUT2D eigenvalue weighted by Gasteiger charge is 2.39. The van der Waals surface area contributed by atoms with Crippen LogP contribution in [0.2, 0.25) is 0 Å². The highest BCUT2D eigenvalue weighted by Crippen LogP contribution is 2.29. The van der Waals surface area contributed by atoms with Crippen LogP contribution in [0.3, 0.4) is 0 Å². The van der Waals surface area contributed by atoms with Gasteiger partial charge in [0.1, 0.15) is 0 Å². The molecule has 1 atom stereocenters. The number of rotatable bonds is 4. The molecule has 20 heavy (non-hydrogen) atoms. The number of nitro benzene ring substituents is 1. The van der Waals surface area contributed by atoms with Crippen molar-refractivity contribution in [2.45, 2.75) is 31.7 Å². The molecule has 0 spiro atoms. The maximum Gasteiger partial charge on any atom is 0.285 e. The van der Waals surface area contributed by atoms with Crippen molar-refractivity contribution in [3.8, 4) is 0 Å². The third kappa shape index (κ3) is 2.83. The lowest BCUT2D eigenvalue weighted by Crippen LogP contribution is -2.50. The molecule has 1 aromatic carbocycles. The molecule has 1 aromatic rings. The average Bonchev–Trinajstić information content (AvgIpc) is 2.90. The smallest absolute Gasteiger partial charge is 0.285 e. The molecule has 0 bridgehead atoms. The van der Waals surface area contributed by atoms with Crippen molar-refractivity contribution in [2.75, 3.05) is 11.9 Å². The molecule has 0 aliphatic carbocycles. The van der Waals surface area contributed by atoms with Gasteiger partial charge in [-0.25, -0.2) is 0 Å². The summed E-state index contributed by atoms with van der Waals surface area (Å²) in [6, 6.07) is 4.57. The van der Waals surface area contributed by atoms with Crippen molar-refractivity contribution in [3.63, 3.8) is 0 Å². The van der Waals surface area contributed by atoms with Crippen LogP contribution in [0.4, 0.5) is 11.4 Å². The van der Waals surface area contributed by atoms with Gasteiger partial charge in [0.05, 0.1) is 14.9 Å². The second kappa shape index (κ2) is 5.88. The van der Waals surface area contributed by atoms with E-state index in [4.69, 9.17) is 0 Å². The van der Waals surface area contributed by atoms with E-state index in [9.17, 15) is 14.9 Å². The number of halogens is 1. The number of carbonyl (C=O) groups excluding carboxylic acids is 1. The fourth-order valence-electron chi connectivity index (χ4n) is 2.44. The van der Waals surface area contributed by atoms with Crippen molar-refractivity contribution in [2.24, 2.45) is 0 Å². The Labute approximate surface area is 125 Å². The number of hydrogen-bond acceptors (Lipinski definition) is 4. The molecule has 108 valence electrons. The summed E-state index contributed by atoms with van der Waals surface area (Å²) in [6.07, 6.45) is 2.44. The number of nitrogens with one attached hydrogen (secondary N) is 2. The summed E-state index contributed by atoms with van der Waals surface area (Å²) in [5.41, 5.74) is -0.179. The van der Waals surface area contributed by atoms with Gasteiger partial charge in [-0.15, -0.1) is 0 Å². The lowest BCUT2D eigenvalue weighted by atomic mass is 9.93. The van der Waals surface area contributed by atoms with E-state index < -0.39 is 10.5 Å². The molecule has 1 fully saturated rings. The minimum atomic E-state index is -0.554. The molecule has 0 aromatic heterocycles. The van der Waals surface area contributed by atoms with Gasteiger partial charge in [-0.2, -0.15) is 0 Å². The molecule has 6 nitrogen and oxygen atoms in total. The average molecular weight is 342 g/mol. The third-order valence-corrected chi connectivity index (χ3v) is 4.35. The maximum absolute atomic E-state index is 12.4. The zero-order valence-corrected chi connectivity index (χ0v) is 12.7. The Hall–Kier alpha value is -1.47. The summed E-state index contributed by atoms with van der Waals surface area (Å²) in [5.74, 6) is -0.130. The predicted octanol–water partition coefficient (Wildman–Crippen LogP) is 2.83. The highest BCUT2D eigenvalue weighted by molar-refractivity contribution is 9.10. The summed E-state index contributed by atoms with van der Waals surface area (Å²) >= 11 is 3.12. The molecule has 1 aliphatic heterocycles. The van der Waals surface area contributed by atoms with Crippen LogP contribution in [-0.2, 0) is 4.79 Å². The number of benzene rings is 1. The second-order valence-corrected chi connectivity index (χ2v) is 5.70. The minimum Gasteiger partial charge on any atom is -0.324 e. The van der Waals surface area contributed by atoms with Crippen molar-refractivity contribution < 1.29 is 9.72 Å². The molecule has 0 radical (unpaired) electrons. The lowest BCUT2D eigenvalue weighted by Gasteiger charge is -2.26. The fraction of sp³-hybridized carbons (Fsp3) is 0.462. The number of anilines is 1. The van der Waals surface area contributed by atoms with E-state index in [1.165, 1.54) is 6.07 Å². The molecule has 1 amide bonds. The molecule has 1 heterocycles. The van der Waals surface area contributed by atoms with Gasteiger partial charge in [-0.1, -0.05) is 6.92 Å². The van der Waals surface area contributed by atoms with Crippen LogP contribution < -0.4 is 10.6 Å². The second-order valence-electron chi connectivity index (χ2n) is 4.84. The van der Waals surface area contributed by atoms with Crippen LogP contribution >= 0.6 is 15.9 Å². The van der Waals surface area contributed by atoms with Crippen molar-refractivity contribution in [3.05, 3.63) is 32.8 Å². The van der Waals surface area contributed by atoms with Gasteiger partial charge in [0, 0.05) is 11.8 Å². The van der Waals surface area contributed by atoms with Gasteiger partial charge < -0.3 is 10.6 Å². The Morgan fingerprint density at radius 2 is 2.35 bits per heavy atom. The summed E-state index contributed by atoms with van der Waals surface area (Å²) in [6.45, 7) is 2.78. The summed E-state index contributed by atoms with van der Waals surface area (Å²) in [7, 11) is 0. The Kier molecular flexibility index (Phi) is 4.39. The molecule has 7 heteroatoms. The first-order valence-electron chi connectivity index (χ1n) is 6.49. The summed E-state index contributed by atoms with van der Waals surface area (Å²) < 4.78 is 0.393. The first-order chi connectivity index (χ1) is 9.48. The fourth-order valence-corrected chi connectivity index (χ4v) is 2.83. The predicted molar refractivity (Wildman–Crippen MR) is 79.7 cm³/mol. The van der Waals surface area contributed by atoms with E-state index >= 15 is 0 Å². The number of nitrogens with zero attached hydrogens (tertiary/aromatic N) is 1.